The molecule has 0 aromatic rings. The van der Waals surface area contributed by atoms with E-state index in [0.717, 1.165) is 18.8 Å². The monoisotopic (exact) mass is 126 g/mol. The Hall–Kier alpha value is -0.530. The van der Waals surface area contributed by atoms with Gasteiger partial charge in [-0.3, -0.25) is 5.41 Å². The van der Waals surface area contributed by atoms with Crippen molar-refractivity contribution < 1.29 is 0 Å². The van der Waals surface area contributed by atoms with Gasteiger partial charge >= 0.3 is 0 Å². The molecular weight excluding hydrogens is 112 g/mol. The summed E-state index contributed by atoms with van der Waals surface area (Å²) in [5.41, 5.74) is 5.20. The molecule has 0 aliphatic heterocycles. The molecule has 0 aromatic carbocycles. The lowest BCUT2D eigenvalue weighted by Crippen LogP contribution is -2.16. The van der Waals surface area contributed by atoms with E-state index in [1.54, 1.807) is 0 Å². The van der Waals surface area contributed by atoms with Crippen LogP contribution in [0.2, 0.25) is 0 Å². The van der Waals surface area contributed by atoms with Crippen molar-refractivity contribution in [2.24, 2.45) is 11.7 Å². The number of hydrogen-bond acceptors (Lipinski definition) is 1. The zero-order valence-corrected chi connectivity index (χ0v) is 5.69. The van der Waals surface area contributed by atoms with Crippen LogP contribution >= 0.6 is 0 Å². The molecule has 1 rings (SSSR count). The SMILES string of the molecule is N=C(N)CCC1CCC1. The third-order valence-electron chi connectivity index (χ3n) is 2.05. The molecule has 0 amide bonds. The van der Waals surface area contributed by atoms with E-state index in [2.05, 4.69) is 0 Å². The summed E-state index contributed by atoms with van der Waals surface area (Å²) in [5.74, 6) is 1.25. The Morgan fingerprint density at radius 2 is 2.22 bits per heavy atom. The van der Waals surface area contributed by atoms with Gasteiger partial charge in [0.2, 0.25) is 0 Å². The number of nitrogens with one attached hydrogen (secondary N) is 1. The van der Waals surface area contributed by atoms with Crippen molar-refractivity contribution in [3.8, 4) is 0 Å². The van der Waals surface area contributed by atoms with Gasteiger partial charge in [-0.2, -0.15) is 0 Å². The lowest BCUT2D eigenvalue weighted by Gasteiger charge is -2.24. The average Bonchev–Trinajstić information content (AvgIpc) is 1.60. The third-order valence-corrected chi connectivity index (χ3v) is 2.05. The number of amidine groups is 1. The molecule has 2 nitrogen and oxygen atoms in total. The quantitative estimate of drug-likeness (QED) is 0.437. The number of hydrogen-bond donors (Lipinski definition) is 2. The Labute approximate surface area is 55.9 Å². The molecule has 0 aromatic heterocycles. The molecule has 3 N–H and O–H groups in total. The first-order valence-corrected chi connectivity index (χ1v) is 3.62. The zero-order chi connectivity index (χ0) is 6.69. The van der Waals surface area contributed by atoms with Crippen molar-refractivity contribution in [2.45, 2.75) is 32.1 Å². The van der Waals surface area contributed by atoms with Crippen molar-refractivity contribution in [3.05, 3.63) is 0 Å². The fourth-order valence-electron chi connectivity index (χ4n) is 1.14. The molecule has 1 saturated carbocycles. The summed E-state index contributed by atoms with van der Waals surface area (Å²) in [5, 5.41) is 6.96. The van der Waals surface area contributed by atoms with E-state index in [-0.39, 0.29) is 0 Å². The van der Waals surface area contributed by atoms with E-state index < -0.39 is 0 Å². The Kier molecular flexibility index (Phi) is 2.09. The van der Waals surface area contributed by atoms with Crippen LogP contribution < -0.4 is 5.73 Å². The van der Waals surface area contributed by atoms with Crippen molar-refractivity contribution in [1.29, 1.82) is 5.41 Å². The first-order valence-electron chi connectivity index (χ1n) is 3.62. The summed E-state index contributed by atoms with van der Waals surface area (Å²) < 4.78 is 0. The maximum absolute atomic E-state index is 6.96. The van der Waals surface area contributed by atoms with Gasteiger partial charge in [-0.15, -0.1) is 0 Å². The highest BCUT2D eigenvalue weighted by atomic mass is 14.7. The second kappa shape index (κ2) is 2.85. The Bertz CT molecular complexity index is 105. The summed E-state index contributed by atoms with van der Waals surface area (Å²) in [6.45, 7) is 0. The summed E-state index contributed by atoms with van der Waals surface area (Å²) in [7, 11) is 0. The Balaban J connectivity index is 1.97. The molecule has 0 atom stereocenters. The van der Waals surface area contributed by atoms with E-state index >= 15 is 0 Å². The van der Waals surface area contributed by atoms with E-state index in [0.29, 0.717) is 5.84 Å². The predicted molar refractivity (Wildman–Crippen MR) is 38.5 cm³/mol. The lowest BCUT2D eigenvalue weighted by atomic mass is 9.82. The highest BCUT2D eigenvalue weighted by Gasteiger charge is 2.16. The number of nitrogens with two attached hydrogens (primary N) is 1. The smallest absolute Gasteiger partial charge is 0.0905 e. The van der Waals surface area contributed by atoms with Crippen LogP contribution in [0.4, 0.5) is 0 Å². The molecular formula is C7H14N2. The molecule has 0 spiro atoms. The van der Waals surface area contributed by atoms with Gasteiger partial charge < -0.3 is 5.73 Å². The third kappa shape index (κ3) is 2.04. The molecule has 0 saturated heterocycles. The van der Waals surface area contributed by atoms with Crippen LogP contribution in [0, 0.1) is 11.3 Å². The Morgan fingerprint density at radius 3 is 2.56 bits per heavy atom. The van der Waals surface area contributed by atoms with Crippen LogP contribution in [0.5, 0.6) is 0 Å². The minimum atomic E-state index is 0.349. The zero-order valence-electron chi connectivity index (χ0n) is 5.69. The molecule has 9 heavy (non-hydrogen) atoms. The fourth-order valence-corrected chi connectivity index (χ4v) is 1.14. The predicted octanol–water partition coefficient (Wildman–Crippen LogP) is 1.50. The van der Waals surface area contributed by atoms with Gasteiger partial charge in [-0.1, -0.05) is 19.3 Å². The van der Waals surface area contributed by atoms with Crippen LogP contribution in [0.25, 0.3) is 0 Å². The van der Waals surface area contributed by atoms with Gasteiger partial charge in [0, 0.05) is 6.42 Å². The summed E-state index contributed by atoms with van der Waals surface area (Å²) in [6.07, 6.45) is 6.09. The molecule has 1 aliphatic carbocycles. The second-order valence-corrected chi connectivity index (χ2v) is 2.86. The fraction of sp³-hybridized carbons (Fsp3) is 0.857. The molecule has 0 heterocycles. The highest BCUT2D eigenvalue weighted by Crippen LogP contribution is 2.29. The van der Waals surface area contributed by atoms with Crippen LogP contribution in [-0.4, -0.2) is 5.84 Å². The standard InChI is InChI=1S/C7H14N2/c8-7(9)5-4-6-2-1-3-6/h6H,1-5H2,(H3,8,9). The van der Waals surface area contributed by atoms with Crippen molar-refractivity contribution in [2.75, 3.05) is 0 Å². The normalized spacial score (nSPS) is 19.1. The van der Waals surface area contributed by atoms with Crippen molar-refractivity contribution in [3.63, 3.8) is 0 Å². The molecule has 0 bridgehead atoms. The molecule has 52 valence electrons. The van der Waals surface area contributed by atoms with Crippen LogP contribution in [0.15, 0.2) is 0 Å². The molecule has 2 heteroatoms. The van der Waals surface area contributed by atoms with Gasteiger partial charge in [0.25, 0.3) is 0 Å². The largest absolute Gasteiger partial charge is 0.388 e. The summed E-state index contributed by atoms with van der Waals surface area (Å²) in [4.78, 5) is 0. The highest BCUT2D eigenvalue weighted by molar-refractivity contribution is 5.76. The van der Waals surface area contributed by atoms with Crippen LogP contribution in [-0.2, 0) is 0 Å². The topological polar surface area (TPSA) is 49.9 Å². The minimum absolute atomic E-state index is 0.349. The van der Waals surface area contributed by atoms with Crippen molar-refractivity contribution in [1.82, 2.24) is 0 Å². The van der Waals surface area contributed by atoms with Gasteiger partial charge in [0.15, 0.2) is 0 Å². The van der Waals surface area contributed by atoms with Crippen LogP contribution in [0.3, 0.4) is 0 Å². The minimum Gasteiger partial charge on any atom is -0.388 e. The molecule has 1 fully saturated rings. The first kappa shape index (κ1) is 6.59. The van der Waals surface area contributed by atoms with Crippen molar-refractivity contribution >= 4 is 5.84 Å². The first-order chi connectivity index (χ1) is 4.29. The van der Waals surface area contributed by atoms with Gasteiger partial charge in [0.05, 0.1) is 5.84 Å². The molecule has 0 radical (unpaired) electrons. The Morgan fingerprint density at radius 1 is 1.56 bits per heavy atom. The van der Waals surface area contributed by atoms with Gasteiger partial charge in [-0.25, -0.2) is 0 Å². The maximum Gasteiger partial charge on any atom is 0.0905 e. The van der Waals surface area contributed by atoms with E-state index in [1.165, 1.54) is 19.3 Å². The lowest BCUT2D eigenvalue weighted by molar-refractivity contribution is 0.300. The van der Waals surface area contributed by atoms with E-state index in [4.69, 9.17) is 11.1 Å². The maximum atomic E-state index is 6.96. The molecule has 0 unspecified atom stereocenters. The van der Waals surface area contributed by atoms with Crippen LogP contribution in [0.1, 0.15) is 32.1 Å². The second-order valence-electron chi connectivity index (χ2n) is 2.86. The molecule has 1 aliphatic rings. The van der Waals surface area contributed by atoms with E-state index in [9.17, 15) is 0 Å². The van der Waals surface area contributed by atoms with E-state index in [1.807, 2.05) is 0 Å². The average molecular weight is 126 g/mol. The van der Waals surface area contributed by atoms with Gasteiger partial charge in [-0.05, 0) is 12.3 Å². The number of rotatable bonds is 3. The summed E-state index contributed by atoms with van der Waals surface area (Å²) >= 11 is 0. The summed E-state index contributed by atoms with van der Waals surface area (Å²) in [6, 6.07) is 0. The van der Waals surface area contributed by atoms with Gasteiger partial charge in [0.1, 0.15) is 0 Å².